The zero-order valence-corrected chi connectivity index (χ0v) is 18.9. The lowest BCUT2D eigenvalue weighted by molar-refractivity contribution is -0.133. The second-order valence-electron chi connectivity index (χ2n) is 7.04. The molecule has 1 amide bonds. The summed E-state index contributed by atoms with van der Waals surface area (Å²) in [5.41, 5.74) is 1.47. The van der Waals surface area contributed by atoms with Crippen LogP contribution < -0.4 is 0 Å². The topological polar surface area (TPSA) is 84.0 Å². The van der Waals surface area contributed by atoms with Crippen LogP contribution in [-0.2, 0) is 26.1 Å². The predicted octanol–water partition coefficient (Wildman–Crippen LogP) is 2.98. The van der Waals surface area contributed by atoms with E-state index in [2.05, 4.69) is 0 Å². The highest BCUT2D eigenvalue weighted by Gasteiger charge is 2.25. The Kier molecular flexibility index (Phi) is 8.29. The smallest absolute Gasteiger partial charge is 0.341 e. The van der Waals surface area contributed by atoms with Gasteiger partial charge in [-0.15, -0.1) is 0 Å². The molecule has 7 nitrogen and oxygen atoms in total. The second kappa shape index (κ2) is 10.5. The van der Waals surface area contributed by atoms with Crippen molar-refractivity contribution in [2.45, 2.75) is 32.2 Å². The summed E-state index contributed by atoms with van der Waals surface area (Å²) in [5, 5.41) is 0. The molecular formula is C22H27FN2O5S. The third-order valence-electron chi connectivity index (χ3n) is 4.79. The molecule has 31 heavy (non-hydrogen) atoms. The average molecular weight is 451 g/mol. The number of nitrogens with zero attached hydrogens (tertiary/aromatic N) is 2. The van der Waals surface area contributed by atoms with Gasteiger partial charge in [0.15, 0.2) is 6.61 Å². The molecule has 168 valence electrons. The molecule has 0 spiro atoms. The van der Waals surface area contributed by atoms with Crippen LogP contribution in [0.25, 0.3) is 0 Å². The Morgan fingerprint density at radius 2 is 1.65 bits per heavy atom. The summed E-state index contributed by atoms with van der Waals surface area (Å²) in [6, 6.07) is 10.6. The molecule has 0 saturated carbocycles. The maximum atomic E-state index is 14.2. The van der Waals surface area contributed by atoms with E-state index in [0.717, 1.165) is 29.3 Å². The van der Waals surface area contributed by atoms with Gasteiger partial charge in [-0.25, -0.2) is 17.6 Å². The van der Waals surface area contributed by atoms with Crippen LogP contribution in [0.1, 0.15) is 35.3 Å². The van der Waals surface area contributed by atoms with Gasteiger partial charge in [0.2, 0.25) is 10.0 Å². The van der Waals surface area contributed by atoms with E-state index in [1.165, 1.54) is 9.21 Å². The molecule has 9 heteroatoms. The number of carbonyl (C=O) groups excluding carboxylic acids is 2. The summed E-state index contributed by atoms with van der Waals surface area (Å²) in [4.78, 5) is 25.8. The van der Waals surface area contributed by atoms with Crippen LogP contribution in [-0.4, -0.2) is 56.2 Å². The van der Waals surface area contributed by atoms with Gasteiger partial charge in [-0.2, -0.15) is 4.31 Å². The summed E-state index contributed by atoms with van der Waals surface area (Å²) < 4.78 is 45.6. The minimum absolute atomic E-state index is 0.215. The number of hydrogen-bond donors (Lipinski definition) is 0. The fourth-order valence-corrected chi connectivity index (χ4v) is 4.39. The highest BCUT2D eigenvalue weighted by atomic mass is 32.2. The summed E-state index contributed by atoms with van der Waals surface area (Å²) in [6.45, 7) is 5.52. The van der Waals surface area contributed by atoms with Crippen molar-refractivity contribution in [3.8, 4) is 0 Å². The van der Waals surface area contributed by atoms with E-state index < -0.39 is 39.9 Å². The lowest BCUT2D eigenvalue weighted by Gasteiger charge is -2.19. The lowest BCUT2D eigenvalue weighted by Crippen LogP contribution is -2.31. The maximum absolute atomic E-state index is 14.2. The standard InChI is InChI=1S/C22H27FN2O5S/c1-5-25(6-2)31(28,29)18-11-12-20(23)19(13-18)22(27)30-15-21(26)24(4)14-17-9-7-16(3)8-10-17/h7-13H,5-6,14-15H2,1-4H3. The number of halogens is 1. The third-order valence-corrected chi connectivity index (χ3v) is 6.84. The fourth-order valence-electron chi connectivity index (χ4n) is 2.90. The number of amides is 1. The van der Waals surface area contributed by atoms with Crippen LogP contribution in [0.2, 0.25) is 0 Å². The third kappa shape index (κ3) is 6.11. The van der Waals surface area contributed by atoms with Crippen molar-refractivity contribution in [2.75, 3.05) is 26.7 Å². The SMILES string of the molecule is CCN(CC)S(=O)(=O)c1ccc(F)c(C(=O)OCC(=O)N(C)Cc2ccc(C)cc2)c1. The van der Waals surface area contributed by atoms with Gasteiger partial charge in [-0.05, 0) is 30.7 Å². The molecule has 0 aromatic heterocycles. The number of sulfonamides is 1. The molecule has 2 aromatic carbocycles. The van der Waals surface area contributed by atoms with Crippen molar-refractivity contribution >= 4 is 21.9 Å². The van der Waals surface area contributed by atoms with Crippen molar-refractivity contribution in [3.63, 3.8) is 0 Å². The van der Waals surface area contributed by atoms with Gasteiger partial charge in [0, 0.05) is 26.7 Å². The van der Waals surface area contributed by atoms with E-state index in [-0.39, 0.29) is 18.0 Å². The van der Waals surface area contributed by atoms with E-state index >= 15 is 0 Å². The van der Waals surface area contributed by atoms with Crippen molar-refractivity contribution in [1.29, 1.82) is 0 Å². The molecule has 0 radical (unpaired) electrons. The van der Waals surface area contributed by atoms with Crippen LogP contribution in [0.4, 0.5) is 4.39 Å². The molecule has 2 aromatic rings. The van der Waals surface area contributed by atoms with Crippen molar-refractivity contribution in [2.24, 2.45) is 0 Å². The normalized spacial score (nSPS) is 11.4. The van der Waals surface area contributed by atoms with E-state index in [1.54, 1.807) is 20.9 Å². The molecule has 0 saturated heterocycles. The lowest BCUT2D eigenvalue weighted by atomic mass is 10.1. The molecule has 0 bridgehead atoms. The molecule has 0 aliphatic rings. The van der Waals surface area contributed by atoms with Gasteiger partial charge in [0.25, 0.3) is 5.91 Å². The van der Waals surface area contributed by atoms with Crippen molar-refractivity contribution in [1.82, 2.24) is 9.21 Å². The number of carbonyl (C=O) groups is 2. The van der Waals surface area contributed by atoms with E-state index in [9.17, 15) is 22.4 Å². The van der Waals surface area contributed by atoms with E-state index in [0.29, 0.717) is 6.54 Å². The summed E-state index contributed by atoms with van der Waals surface area (Å²) >= 11 is 0. The number of esters is 1. The van der Waals surface area contributed by atoms with Crippen molar-refractivity contribution < 1.29 is 27.1 Å². The predicted molar refractivity (Wildman–Crippen MR) is 114 cm³/mol. The first kappa shape index (κ1) is 24.5. The number of aryl methyl sites for hydroxylation is 1. The number of hydrogen-bond acceptors (Lipinski definition) is 5. The first-order valence-corrected chi connectivity index (χ1v) is 11.3. The van der Waals surface area contributed by atoms with Gasteiger partial charge < -0.3 is 9.64 Å². The first-order valence-electron chi connectivity index (χ1n) is 9.86. The van der Waals surface area contributed by atoms with Crippen molar-refractivity contribution in [3.05, 3.63) is 65.0 Å². The van der Waals surface area contributed by atoms with Gasteiger partial charge >= 0.3 is 5.97 Å². The molecule has 0 heterocycles. The summed E-state index contributed by atoms with van der Waals surface area (Å²) in [5.74, 6) is -2.50. The van der Waals surface area contributed by atoms with Gasteiger partial charge in [0.05, 0.1) is 10.5 Å². The molecule has 0 aliphatic carbocycles. The van der Waals surface area contributed by atoms with Gasteiger partial charge in [0.1, 0.15) is 5.82 Å². The Balaban J connectivity index is 2.07. The molecule has 2 rings (SSSR count). The Bertz CT molecular complexity index is 1030. The number of rotatable bonds is 9. The summed E-state index contributed by atoms with van der Waals surface area (Å²) in [6.07, 6.45) is 0. The molecule has 0 aliphatic heterocycles. The Morgan fingerprint density at radius 1 is 1.03 bits per heavy atom. The minimum Gasteiger partial charge on any atom is -0.452 e. The van der Waals surface area contributed by atoms with Gasteiger partial charge in [-0.1, -0.05) is 43.7 Å². The number of benzene rings is 2. The monoisotopic (exact) mass is 450 g/mol. The van der Waals surface area contributed by atoms with Crippen LogP contribution in [0.5, 0.6) is 0 Å². The highest BCUT2D eigenvalue weighted by Crippen LogP contribution is 2.20. The Labute approximate surface area is 182 Å². The van der Waals surface area contributed by atoms with E-state index in [4.69, 9.17) is 4.74 Å². The van der Waals surface area contributed by atoms with Crippen LogP contribution in [0.15, 0.2) is 47.4 Å². The fraction of sp³-hybridized carbons (Fsp3) is 0.364. The molecule has 0 atom stereocenters. The first-order chi connectivity index (χ1) is 14.6. The largest absolute Gasteiger partial charge is 0.452 e. The quantitative estimate of drug-likeness (QED) is 0.549. The minimum atomic E-state index is -3.87. The second-order valence-corrected chi connectivity index (χ2v) is 8.98. The molecular weight excluding hydrogens is 423 g/mol. The van der Waals surface area contributed by atoms with Crippen LogP contribution in [0, 0.1) is 12.7 Å². The summed E-state index contributed by atoms with van der Waals surface area (Å²) in [7, 11) is -2.31. The average Bonchev–Trinajstić information content (AvgIpc) is 2.74. The zero-order valence-electron chi connectivity index (χ0n) is 18.1. The number of ether oxygens (including phenoxy) is 1. The Morgan fingerprint density at radius 3 is 2.23 bits per heavy atom. The molecule has 0 unspecified atom stereocenters. The van der Waals surface area contributed by atoms with E-state index in [1.807, 2.05) is 31.2 Å². The highest BCUT2D eigenvalue weighted by molar-refractivity contribution is 7.89. The van der Waals surface area contributed by atoms with Crippen LogP contribution >= 0.6 is 0 Å². The van der Waals surface area contributed by atoms with Gasteiger partial charge in [-0.3, -0.25) is 4.79 Å². The molecule has 0 N–H and O–H groups in total. The number of likely N-dealkylation sites (N-methyl/N-ethyl adjacent to an activating group) is 1. The maximum Gasteiger partial charge on any atom is 0.341 e. The van der Waals surface area contributed by atoms with Crippen LogP contribution in [0.3, 0.4) is 0 Å². The zero-order chi connectivity index (χ0) is 23.2. The Hall–Kier alpha value is -2.78. The molecule has 0 fully saturated rings.